The van der Waals surface area contributed by atoms with E-state index in [2.05, 4.69) is 5.32 Å². The first kappa shape index (κ1) is 11.8. The Morgan fingerprint density at radius 3 is 2.83 bits per heavy atom. The summed E-state index contributed by atoms with van der Waals surface area (Å²) in [7, 11) is -3.33. The molecule has 2 heterocycles. The van der Waals surface area contributed by atoms with Gasteiger partial charge in [0.1, 0.15) is 4.90 Å². The van der Waals surface area contributed by atoms with Crippen LogP contribution in [-0.2, 0) is 9.84 Å². The van der Waals surface area contributed by atoms with Crippen LogP contribution < -0.4 is 14.8 Å². The number of hydrogen-bond acceptors (Lipinski definition) is 5. The fourth-order valence-electron chi connectivity index (χ4n) is 2.59. The van der Waals surface area contributed by atoms with E-state index in [0.717, 1.165) is 25.1 Å². The predicted molar refractivity (Wildman–Crippen MR) is 65.9 cm³/mol. The minimum absolute atomic E-state index is 0.0875. The van der Waals surface area contributed by atoms with Gasteiger partial charge in [-0.05, 0) is 30.5 Å². The van der Waals surface area contributed by atoms with Crippen molar-refractivity contribution in [3.05, 3.63) is 17.7 Å². The molecule has 0 amide bonds. The normalized spacial score (nSPS) is 22.4. The minimum atomic E-state index is -3.33. The molecule has 1 unspecified atom stereocenters. The number of rotatable bonds is 2. The smallest absolute Gasteiger partial charge is 0.231 e. The molecule has 5 nitrogen and oxygen atoms in total. The van der Waals surface area contributed by atoms with Gasteiger partial charge in [-0.25, -0.2) is 8.42 Å². The lowest BCUT2D eigenvalue weighted by Crippen LogP contribution is -2.11. The summed E-state index contributed by atoms with van der Waals surface area (Å²) in [6, 6.07) is 3.65. The molecule has 1 saturated heterocycles. The van der Waals surface area contributed by atoms with Gasteiger partial charge < -0.3 is 14.8 Å². The summed E-state index contributed by atoms with van der Waals surface area (Å²) in [5.74, 6) is 1.12. The molecule has 2 aliphatic heterocycles. The molecule has 0 aliphatic carbocycles. The first-order chi connectivity index (χ1) is 8.57. The number of hydrogen-bond donors (Lipinski definition) is 1. The van der Waals surface area contributed by atoms with Gasteiger partial charge in [0.05, 0.1) is 0 Å². The van der Waals surface area contributed by atoms with Crippen molar-refractivity contribution in [1.29, 1.82) is 0 Å². The number of fused-ring (bicyclic) bond motifs is 1. The van der Waals surface area contributed by atoms with Crippen molar-refractivity contribution in [2.75, 3.05) is 26.1 Å². The number of sulfone groups is 1. The molecule has 2 aliphatic rings. The highest BCUT2D eigenvalue weighted by atomic mass is 32.2. The van der Waals surface area contributed by atoms with Crippen LogP contribution >= 0.6 is 0 Å². The van der Waals surface area contributed by atoms with Crippen molar-refractivity contribution in [2.24, 2.45) is 0 Å². The maximum absolute atomic E-state index is 12.0. The van der Waals surface area contributed by atoms with Gasteiger partial charge in [-0.3, -0.25) is 0 Å². The Hall–Kier alpha value is -1.27. The fraction of sp³-hybridized carbons (Fsp3) is 0.500. The summed E-state index contributed by atoms with van der Waals surface area (Å²) >= 11 is 0. The third kappa shape index (κ3) is 1.85. The number of ether oxygens (including phenoxy) is 2. The van der Waals surface area contributed by atoms with Gasteiger partial charge in [0, 0.05) is 12.8 Å². The van der Waals surface area contributed by atoms with Crippen molar-refractivity contribution in [3.63, 3.8) is 0 Å². The molecule has 1 fully saturated rings. The van der Waals surface area contributed by atoms with E-state index in [-0.39, 0.29) is 12.7 Å². The molecule has 6 heteroatoms. The zero-order valence-electron chi connectivity index (χ0n) is 10.1. The average molecular weight is 269 g/mol. The zero-order chi connectivity index (χ0) is 12.8. The molecular formula is C12H15NO4S. The molecule has 0 spiro atoms. The van der Waals surface area contributed by atoms with Crippen LogP contribution in [0.2, 0.25) is 0 Å². The molecule has 18 heavy (non-hydrogen) atoms. The molecular weight excluding hydrogens is 254 g/mol. The fourth-order valence-corrected chi connectivity index (χ4v) is 3.75. The van der Waals surface area contributed by atoms with Gasteiger partial charge >= 0.3 is 0 Å². The SMILES string of the molecule is CS(=O)(=O)c1c(C2CCNC2)ccc2c1OCO2. The van der Waals surface area contributed by atoms with Gasteiger partial charge in [0.15, 0.2) is 21.3 Å². The van der Waals surface area contributed by atoms with Crippen molar-refractivity contribution in [1.82, 2.24) is 5.32 Å². The number of benzene rings is 1. The molecule has 3 rings (SSSR count). The minimum Gasteiger partial charge on any atom is -0.454 e. The van der Waals surface area contributed by atoms with E-state index in [1.807, 2.05) is 6.07 Å². The zero-order valence-corrected chi connectivity index (χ0v) is 10.9. The largest absolute Gasteiger partial charge is 0.454 e. The highest BCUT2D eigenvalue weighted by Crippen LogP contribution is 2.43. The maximum atomic E-state index is 12.0. The van der Waals surface area contributed by atoms with Gasteiger partial charge in [-0.15, -0.1) is 0 Å². The van der Waals surface area contributed by atoms with E-state index in [9.17, 15) is 8.42 Å². The third-order valence-electron chi connectivity index (χ3n) is 3.40. The van der Waals surface area contributed by atoms with Crippen LogP contribution in [-0.4, -0.2) is 34.6 Å². The van der Waals surface area contributed by atoms with Crippen LogP contribution in [0.15, 0.2) is 17.0 Å². The maximum Gasteiger partial charge on any atom is 0.231 e. The summed E-state index contributed by atoms with van der Waals surface area (Å²) in [6.45, 7) is 1.81. The molecule has 0 aromatic heterocycles. The molecule has 1 aromatic carbocycles. The van der Waals surface area contributed by atoms with Crippen LogP contribution in [0.4, 0.5) is 0 Å². The molecule has 0 bridgehead atoms. The van der Waals surface area contributed by atoms with Gasteiger partial charge in [-0.1, -0.05) is 6.07 Å². The first-order valence-electron chi connectivity index (χ1n) is 5.90. The van der Waals surface area contributed by atoms with E-state index < -0.39 is 9.84 Å². The van der Waals surface area contributed by atoms with Gasteiger partial charge in [0.2, 0.25) is 6.79 Å². The highest BCUT2D eigenvalue weighted by Gasteiger charge is 2.31. The van der Waals surface area contributed by atoms with E-state index in [1.54, 1.807) is 6.07 Å². The van der Waals surface area contributed by atoms with Gasteiger partial charge in [-0.2, -0.15) is 0 Å². The summed E-state index contributed by atoms with van der Waals surface area (Å²) in [5.41, 5.74) is 0.840. The molecule has 98 valence electrons. The van der Waals surface area contributed by atoms with E-state index in [4.69, 9.17) is 9.47 Å². The van der Waals surface area contributed by atoms with Crippen LogP contribution in [0.1, 0.15) is 17.9 Å². The standard InChI is InChI=1S/C12H15NO4S/c1-18(14,15)12-9(8-4-5-13-6-8)2-3-10-11(12)17-7-16-10/h2-3,8,13H,4-7H2,1H3. The summed E-state index contributed by atoms with van der Waals surface area (Å²) in [4.78, 5) is 0.297. The topological polar surface area (TPSA) is 64.6 Å². The summed E-state index contributed by atoms with van der Waals surface area (Å²) in [6.07, 6.45) is 2.17. The lowest BCUT2D eigenvalue weighted by atomic mass is 9.98. The first-order valence-corrected chi connectivity index (χ1v) is 7.80. The summed E-state index contributed by atoms with van der Waals surface area (Å²) in [5, 5.41) is 3.25. The van der Waals surface area contributed by atoms with Crippen molar-refractivity contribution in [3.8, 4) is 11.5 Å². The van der Waals surface area contributed by atoms with Crippen molar-refractivity contribution in [2.45, 2.75) is 17.2 Å². The Bertz CT molecular complexity index is 576. The Balaban J connectivity index is 2.19. The Morgan fingerprint density at radius 1 is 1.33 bits per heavy atom. The van der Waals surface area contributed by atoms with E-state index in [1.165, 1.54) is 6.26 Å². The lowest BCUT2D eigenvalue weighted by Gasteiger charge is -2.15. The number of nitrogens with one attached hydrogen (secondary N) is 1. The average Bonchev–Trinajstić information content (AvgIpc) is 2.97. The Kier molecular flexibility index (Phi) is 2.71. The second kappa shape index (κ2) is 4.13. The van der Waals surface area contributed by atoms with Crippen LogP contribution in [0.3, 0.4) is 0 Å². The van der Waals surface area contributed by atoms with Crippen molar-refractivity contribution < 1.29 is 17.9 Å². The second-order valence-corrected chi connectivity index (χ2v) is 6.63. The molecule has 0 saturated carbocycles. The second-order valence-electron chi connectivity index (χ2n) is 4.68. The quantitative estimate of drug-likeness (QED) is 0.864. The Labute approximate surface area is 106 Å². The van der Waals surface area contributed by atoms with Gasteiger partial charge in [0.25, 0.3) is 0 Å². The molecule has 0 radical (unpaired) electrons. The van der Waals surface area contributed by atoms with Crippen LogP contribution in [0, 0.1) is 0 Å². The predicted octanol–water partition coefficient (Wildman–Crippen LogP) is 0.896. The monoisotopic (exact) mass is 269 g/mol. The van der Waals surface area contributed by atoms with Crippen LogP contribution in [0.25, 0.3) is 0 Å². The third-order valence-corrected chi connectivity index (χ3v) is 4.56. The highest BCUT2D eigenvalue weighted by molar-refractivity contribution is 7.90. The van der Waals surface area contributed by atoms with Crippen molar-refractivity contribution >= 4 is 9.84 Å². The van der Waals surface area contributed by atoms with E-state index in [0.29, 0.717) is 16.4 Å². The van der Waals surface area contributed by atoms with E-state index >= 15 is 0 Å². The Morgan fingerprint density at radius 2 is 2.17 bits per heavy atom. The van der Waals surface area contributed by atoms with Crippen LogP contribution in [0.5, 0.6) is 11.5 Å². The molecule has 1 aromatic rings. The molecule has 1 atom stereocenters. The lowest BCUT2D eigenvalue weighted by molar-refractivity contribution is 0.172. The summed E-state index contributed by atoms with van der Waals surface area (Å²) < 4.78 is 34.6. The molecule has 1 N–H and O–H groups in total.